The second-order valence-electron chi connectivity index (χ2n) is 6.36. The molecule has 1 heterocycles. The maximum absolute atomic E-state index is 11.8. The number of imide groups is 1. The highest BCUT2D eigenvalue weighted by atomic mass is 16.6. The van der Waals surface area contributed by atoms with E-state index in [2.05, 4.69) is 16.0 Å². The van der Waals surface area contributed by atoms with Crippen LogP contribution in [0.5, 0.6) is 0 Å². The fraction of sp³-hybridized carbons (Fsp3) is 0.438. The number of ether oxygens (including phenoxy) is 1. The topological polar surface area (TPSA) is 96.5 Å². The minimum Gasteiger partial charge on any atom is -0.444 e. The zero-order valence-electron chi connectivity index (χ0n) is 13.4. The third kappa shape index (κ3) is 5.28. The molecule has 1 aromatic carbocycles. The third-order valence-corrected chi connectivity index (χ3v) is 3.09. The standard InChI is InChI=1S/C16H21N3O4/c1-16(2,3)23-15(22)18-11-6-4-5-10(9-11)17-12-7-8-13(20)19-14(12)21/h4-6,9,12,17H,7-8H2,1-3H3,(H,18,22)(H,19,20,21). The van der Waals surface area contributed by atoms with Crippen LogP contribution >= 0.6 is 0 Å². The van der Waals surface area contributed by atoms with Gasteiger partial charge in [0, 0.05) is 17.8 Å². The van der Waals surface area contributed by atoms with Gasteiger partial charge in [0.15, 0.2) is 0 Å². The van der Waals surface area contributed by atoms with Gasteiger partial charge in [-0.15, -0.1) is 0 Å². The zero-order valence-corrected chi connectivity index (χ0v) is 13.4. The highest BCUT2D eigenvalue weighted by Crippen LogP contribution is 2.19. The first kappa shape index (κ1) is 16.8. The Bertz CT molecular complexity index is 622. The van der Waals surface area contributed by atoms with Crippen molar-refractivity contribution in [1.29, 1.82) is 0 Å². The number of piperidine rings is 1. The van der Waals surface area contributed by atoms with Crippen molar-refractivity contribution in [2.45, 2.75) is 45.3 Å². The molecule has 0 spiro atoms. The minimum atomic E-state index is -0.577. The Balaban J connectivity index is 1.98. The fourth-order valence-corrected chi connectivity index (χ4v) is 2.14. The molecule has 0 bridgehead atoms. The molecule has 1 aromatic rings. The predicted octanol–water partition coefficient (Wildman–Crippen LogP) is 2.25. The Morgan fingerprint density at radius 2 is 1.96 bits per heavy atom. The van der Waals surface area contributed by atoms with Gasteiger partial charge in [-0.2, -0.15) is 0 Å². The lowest BCUT2D eigenvalue weighted by atomic mass is 10.1. The maximum Gasteiger partial charge on any atom is 0.412 e. The molecule has 1 saturated heterocycles. The van der Waals surface area contributed by atoms with Crippen molar-refractivity contribution >= 4 is 29.3 Å². The Morgan fingerprint density at radius 1 is 1.26 bits per heavy atom. The first-order chi connectivity index (χ1) is 10.7. The molecule has 0 aliphatic carbocycles. The van der Waals surface area contributed by atoms with Crippen LogP contribution in [0.2, 0.25) is 0 Å². The lowest BCUT2D eigenvalue weighted by Gasteiger charge is -2.23. The molecule has 0 aromatic heterocycles. The predicted molar refractivity (Wildman–Crippen MR) is 86.1 cm³/mol. The number of carbonyl (C=O) groups is 3. The van der Waals surface area contributed by atoms with Gasteiger partial charge in [-0.25, -0.2) is 4.79 Å². The van der Waals surface area contributed by atoms with Crippen molar-refractivity contribution in [3.63, 3.8) is 0 Å². The SMILES string of the molecule is CC(C)(C)OC(=O)Nc1cccc(NC2CCC(=O)NC2=O)c1. The molecular weight excluding hydrogens is 298 g/mol. The van der Waals surface area contributed by atoms with Gasteiger partial charge in [0.2, 0.25) is 11.8 Å². The van der Waals surface area contributed by atoms with Gasteiger partial charge in [0.1, 0.15) is 11.6 Å². The molecule has 0 saturated carbocycles. The lowest BCUT2D eigenvalue weighted by Crippen LogP contribution is -2.47. The monoisotopic (exact) mass is 319 g/mol. The van der Waals surface area contributed by atoms with Crippen molar-refractivity contribution in [3.05, 3.63) is 24.3 Å². The van der Waals surface area contributed by atoms with E-state index in [4.69, 9.17) is 4.74 Å². The molecule has 23 heavy (non-hydrogen) atoms. The van der Waals surface area contributed by atoms with Crippen LogP contribution in [0.4, 0.5) is 16.2 Å². The number of hydrogen-bond donors (Lipinski definition) is 3. The van der Waals surface area contributed by atoms with Gasteiger partial charge in [-0.05, 0) is 45.4 Å². The fourth-order valence-electron chi connectivity index (χ4n) is 2.14. The van der Waals surface area contributed by atoms with Crippen molar-refractivity contribution in [2.75, 3.05) is 10.6 Å². The molecule has 124 valence electrons. The normalized spacial score (nSPS) is 18.1. The van der Waals surface area contributed by atoms with Crippen molar-refractivity contribution < 1.29 is 19.1 Å². The summed E-state index contributed by atoms with van der Waals surface area (Å²) < 4.78 is 5.19. The Hall–Kier alpha value is -2.57. The molecule has 2 rings (SSSR count). The van der Waals surface area contributed by atoms with Crippen LogP contribution in [-0.4, -0.2) is 29.6 Å². The summed E-state index contributed by atoms with van der Waals surface area (Å²) in [6.45, 7) is 5.36. The molecule has 1 atom stereocenters. The van der Waals surface area contributed by atoms with Crippen LogP contribution in [0.3, 0.4) is 0 Å². The van der Waals surface area contributed by atoms with Crippen molar-refractivity contribution in [1.82, 2.24) is 5.32 Å². The highest BCUT2D eigenvalue weighted by molar-refractivity contribution is 6.01. The second kappa shape index (κ2) is 6.68. The highest BCUT2D eigenvalue weighted by Gasteiger charge is 2.26. The van der Waals surface area contributed by atoms with Crippen molar-refractivity contribution in [2.24, 2.45) is 0 Å². The molecule has 7 nitrogen and oxygen atoms in total. The number of anilines is 2. The van der Waals surface area contributed by atoms with Gasteiger partial charge in [-0.1, -0.05) is 6.07 Å². The Morgan fingerprint density at radius 3 is 2.61 bits per heavy atom. The summed E-state index contributed by atoms with van der Waals surface area (Å²) in [6, 6.07) is 6.49. The summed E-state index contributed by atoms with van der Waals surface area (Å²) in [7, 11) is 0. The molecule has 0 radical (unpaired) electrons. The van der Waals surface area contributed by atoms with Gasteiger partial charge in [0.05, 0.1) is 0 Å². The smallest absolute Gasteiger partial charge is 0.412 e. The average Bonchev–Trinajstić information content (AvgIpc) is 2.40. The van der Waals surface area contributed by atoms with Crippen LogP contribution in [0.1, 0.15) is 33.6 Å². The first-order valence-corrected chi connectivity index (χ1v) is 7.43. The van der Waals surface area contributed by atoms with Crippen LogP contribution in [0.15, 0.2) is 24.3 Å². The summed E-state index contributed by atoms with van der Waals surface area (Å²) in [5.41, 5.74) is 0.650. The van der Waals surface area contributed by atoms with E-state index in [1.54, 1.807) is 45.0 Å². The first-order valence-electron chi connectivity index (χ1n) is 7.43. The Kier molecular flexibility index (Phi) is 4.88. The van der Waals surface area contributed by atoms with E-state index in [9.17, 15) is 14.4 Å². The average molecular weight is 319 g/mol. The number of carbonyl (C=O) groups excluding carboxylic acids is 3. The number of hydrogen-bond acceptors (Lipinski definition) is 5. The molecular formula is C16H21N3O4. The van der Waals surface area contributed by atoms with E-state index in [1.807, 2.05) is 0 Å². The van der Waals surface area contributed by atoms with Gasteiger partial charge >= 0.3 is 6.09 Å². The number of rotatable bonds is 3. The van der Waals surface area contributed by atoms with Gasteiger partial charge in [0.25, 0.3) is 0 Å². The Labute approximate surface area is 134 Å². The zero-order chi connectivity index (χ0) is 17.0. The molecule has 3 amide bonds. The molecule has 1 aliphatic rings. The second-order valence-corrected chi connectivity index (χ2v) is 6.36. The van der Waals surface area contributed by atoms with Gasteiger partial charge in [-0.3, -0.25) is 20.2 Å². The van der Waals surface area contributed by atoms with E-state index in [1.165, 1.54) is 0 Å². The maximum atomic E-state index is 11.8. The third-order valence-electron chi connectivity index (χ3n) is 3.09. The van der Waals surface area contributed by atoms with E-state index < -0.39 is 17.7 Å². The molecule has 1 unspecified atom stereocenters. The van der Waals surface area contributed by atoms with E-state index in [-0.39, 0.29) is 11.8 Å². The number of amides is 3. The largest absolute Gasteiger partial charge is 0.444 e. The molecule has 7 heteroatoms. The summed E-state index contributed by atoms with van der Waals surface area (Å²) in [5, 5.41) is 7.99. The molecule has 1 fully saturated rings. The van der Waals surface area contributed by atoms with Crippen molar-refractivity contribution in [3.8, 4) is 0 Å². The quantitative estimate of drug-likeness (QED) is 0.743. The van der Waals surface area contributed by atoms with Gasteiger partial charge < -0.3 is 10.1 Å². The number of benzene rings is 1. The summed E-state index contributed by atoms with van der Waals surface area (Å²) in [4.78, 5) is 34.6. The summed E-state index contributed by atoms with van der Waals surface area (Å²) >= 11 is 0. The van der Waals surface area contributed by atoms with Crippen LogP contribution < -0.4 is 16.0 Å². The summed E-state index contributed by atoms with van der Waals surface area (Å²) in [6.07, 6.45) is 0.198. The minimum absolute atomic E-state index is 0.256. The van der Waals surface area contributed by atoms with E-state index >= 15 is 0 Å². The van der Waals surface area contributed by atoms with Crippen LogP contribution in [-0.2, 0) is 14.3 Å². The molecule has 3 N–H and O–H groups in total. The van der Waals surface area contributed by atoms with E-state index in [0.29, 0.717) is 24.2 Å². The molecule has 1 aliphatic heterocycles. The number of nitrogens with one attached hydrogen (secondary N) is 3. The van der Waals surface area contributed by atoms with Crippen LogP contribution in [0.25, 0.3) is 0 Å². The lowest BCUT2D eigenvalue weighted by molar-refractivity contribution is -0.133. The summed E-state index contributed by atoms with van der Waals surface area (Å²) in [5.74, 6) is -0.597. The van der Waals surface area contributed by atoms with Crippen LogP contribution in [0, 0.1) is 0 Å². The van der Waals surface area contributed by atoms with E-state index in [0.717, 1.165) is 0 Å².